The van der Waals surface area contributed by atoms with Gasteiger partial charge in [0.1, 0.15) is 12.6 Å². The summed E-state index contributed by atoms with van der Waals surface area (Å²) in [4.78, 5) is 36.5. The fourth-order valence-corrected chi connectivity index (χ4v) is 5.43. The number of fused-ring (bicyclic) bond motifs is 3. The molecule has 2 amide bonds. The van der Waals surface area contributed by atoms with Crippen molar-refractivity contribution in [2.24, 2.45) is 11.8 Å². The van der Waals surface area contributed by atoms with Gasteiger partial charge >= 0.3 is 12.1 Å². The average Bonchev–Trinajstić information content (AvgIpc) is 3.19. The fourth-order valence-electron chi connectivity index (χ4n) is 5.43. The van der Waals surface area contributed by atoms with Crippen LogP contribution in [0.5, 0.6) is 0 Å². The minimum atomic E-state index is -0.996. The number of amides is 2. The number of carbonyl (C=O) groups excluding carboxylic acids is 2. The lowest BCUT2D eigenvalue weighted by atomic mass is 9.80. The second-order valence-electron chi connectivity index (χ2n) is 9.62. The predicted octanol–water partition coefficient (Wildman–Crippen LogP) is 4.70. The van der Waals surface area contributed by atoms with E-state index in [1.54, 1.807) is 0 Å². The van der Waals surface area contributed by atoms with Gasteiger partial charge < -0.3 is 20.5 Å². The number of nitrogens with one attached hydrogen (secondary N) is 2. The Morgan fingerprint density at radius 3 is 2.31 bits per heavy atom. The van der Waals surface area contributed by atoms with Gasteiger partial charge in [-0.05, 0) is 53.9 Å². The average molecular weight is 479 g/mol. The molecule has 1 saturated carbocycles. The Bertz CT molecular complexity index is 1020. The van der Waals surface area contributed by atoms with Crippen molar-refractivity contribution in [3.63, 3.8) is 0 Å². The molecule has 2 aromatic carbocycles. The molecule has 2 aliphatic carbocycles. The van der Waals surface area contributed by atoms with E-state index in [1.807, 2.05) is 31.2 Å². The Hall–Kier alpha value is -3.35. The smallest absolute Gasteiger partial charge is 0.407 e. The third kappa shape index (κ3) is 5.84. The lowest BCUT2D eigenvalue weighted by Gasteiger charge is -2.29. The van der Waals surface area contributed by atoms with Crippen LogP contribution in [0.2, 0.25) is 0 Å². The molecule has 186 valence electrons. The summed E-state index contributed by atoms with van der Waals surface area (Å²) >= 11 is 0. The highest BCUT2D eigenvalue weighted by molar-refractivity contribution is 5.85. The van der Waals surface area contributed by atoms with Crippen LogP contribution in [-0.4, -0.2) is 42.3 Å². The molecule has 0 bridgehead atoms. The first-order valence-corrected chi connectivity index (χ1v) is 12.6. The van der Waals surface area contributed by atoms with Gasteiger partial charge in [0.25, 0.3) is 0 Å². The van der Waals surface area contributed by atoms with E-state index in [-0.39, 0.29) is 30.3 Å². The minimum absolute atomic E-state index is 0.0150. The second kappa shape index (κ2) is 11.4. The van der Waals surface area contributed by atoms with Crippen molar-refractivity contribution in [1.82, 2.24) is 10.6 Å². The normalized spacial score (nSPS) is 19.8. The number of rotatable bonds is 9. The van der Waals surface area contributed by atoms with Crippen LogP contribution < -0.4 is 10.6 Å². The van der Waals surface area contributed by atoms with E-state index in [2.05, 4.69) is 34.9 Å². The monoisotopic (exact) mass is 478 g/mol. The van der Waals surface area contributed by atoms with Gasteiger partial charge in [-0.2, -0.15) is 0 Å². The van der Waals surface area contributed by atoms with Crippen molar-refractivity contribution in [1.29, 1.82) is 0 Å². The topological polar surface area (TPSA) is 105 Å². The lowest BCUT2D eigenvalue weighted by molar-refractivity contribution is -0.143. The molecule has 0 spiro atoms. The van der Waals surface area contributed by atoms with Crippen LogP contribution in [0.15, 0.2) is 48.5 Å². The van der Waals surface area contributed by atoms with Gasteiger partial charge in [-0.25, -0.2) is 9.59 Å². The van der Waals surface area contributed by atoms with Gasteiger partial charge in [0.2, 0.25) is 5.91 Å². The van der Waals surface area contributed by atoms with Crippen LogP contribution in [0.4, 0.5) is 4.79 Å². The van der Waals surface area contributed by atoms with E-state index in [0.717, 1.165) is 19.3 Å². The molecule has 4 rings (SSSR count). The Morgan fingerprint density at radius 1 is 1.03 bits per heavy atom. The number of alkyl carbamates (subject to hydrolysis) is 1. The van der Waals surface area contributed by atoms with Crippen LogP contribution in [0.25, 0.3) is 11.1 Å². The number of carbonyl (C=O) groups is 3. The largest absolute Gasteiger partial charge is 0.480 e. The molecular formula is C28H34N2O5. The summed E-state index contributed by atoms with van der Waals surface area (Å²) in [6.07, 6.45) is 3.83. The van der Waals surface area contributed by atoms with E-state index >= 15 is 0 Å². The van der Waals surface area contributed by atoms with Gasteiger partial charge in [-0.15, -0.1) is 0 Å². The zero-order valence-corrected chi connectivity index (χ0v) is 20.2. The molecule has 3 atom stereocenters. The van der Waals surface area contributed by atoms with Crippen LogP contribution in [0.1, 0.15) is 62.5 Å². The maximum absolute atomic E-state index is 12.6. The molecule has 0 radical (unpaired) electrons. The van der Waals surface area contributed by atoms with Crippen LogP contribution in [0.3, 0.4) is 0 Å². The van der Waals surface area contributed by atoms with Crippen LogP contribution in [-0.2, 0) is 14.3 Å². The minimum Gasteiger partial charge on any atom is -0.480 e. The highest BCUT2D eigenvalue weighted by Gasteiger charge is 2.31. The summed E-state index contributed by atoms with van der Waals surface area (Å²) < 4.78 is 5.62. The van der Waals surface area contributed by atoms with Crippen LogP contribution in [0, 0.1) is 11.8 Å². The molecule has 2 aliphatic rings. The Kier molecular flexibility index (Phi) is 8.06. The molecule has 3 N–H and O–H groups in total. The molecule has 3 unspecified atom stereocenters. The molecule has 7 heteroatoms. The molecule has 1 fully saturated rings. The van der Waals surface area contributed by atoms with Gasteiger partial charge in [-0.1, -0.05) is 68.3 Å². The number of hydrogen-bond donors (Lipinski definition) is 3. The summed E-state index contributed by atoms with van der Waals surface area (Å²) in [5.74, 6) is -1.24. The van der Waals surface area contributed by atoms with Crippen molar-refractivity contribution in [3.05, 3.63) is 59.7 Å². The first kappa shape index (κ1) is 24.8. The van der Waals surface area contributed by atoms with Gasteiger partial charge in [0.05, 0.1) is 0 Å². The SMILES string of the molecule is CCCC(NC(=O)C1CCCC(CNC(=O)OCC2c3ccccc3-c3ccccc32)C1)C(=O)O. The number of carboxylic acids is 1. The third-order valence-corrected chi connectivity index (χ3v) is 7.22. The molecule has 0 saturated heterocycles. The third-order valence-electron chi connectivity index (χ3n) is 7.22. The van der Waals surface area contributed by atoms with Gasteiger partial charge in [0, 0.05) is 18.4 Å². The standard InChI is InChI=1S/C28H34N2O5/c1-2-8-25(27(32)33)30-26(31)19-10-7-9-18(15-19)16-29-28(34)35-17-24-22-13-5-3-11-20(22)21-12-4-6-14-23(21)24/h3-6,11-14,18-19,24-25H,2,7-10,15-17H2,1H3,(H,29,34)(H,30,31)(H,32,33). The highest BCUT2D eigenvalue weighted by atomic mass is 16.5. The molecule has 0 aliphatic heterocycles. The first-order chi connectivity index (χ1) is 17.0. The number of ether oxygens (including phenoxy) is 1. The van der Waals surface area contributed by atoms with Crippen molar-refractivity contribution in [2.45, 2.75) is 57.4 Å². The summed E-state index contributed by atoms with van der Waals surface area (Å²) in [6, 6.07) is 15.6. The van der Waals surface area contributed by atoms with E-state index < -0.39 is 18.1 Å². The maximum Gasteiger partial charge on any atom is 0.407 e. The summed E-state index contributed by atoms with van der Waals surface area (Å²) in [7, 11) is 0. The van der Waals surface area contributed by atoms with Gasteiger partial charge in [0.15, 0.2) is 0 Å². The molecule has 7 nitrogen and oxygen atoms in total. The first-order valence-electron chi connectivity index (χ1n) is 12.6. The Morgan fingerprint density at radius 2 is 1.69 bits per heavy atom. The fraction of sp³-hybridized carbons (Fsp3) is 0.464. The highest BCUT2D eigenvalue weighted by Crippen LogP contribution is 2.44. The van der Waals surface area contributed by atoms with Crippen molar-refractivity contribution >= 4 is 18.0 Å². The van der Waals surface area contributed by atoms with Crippen LogP contribution >= 0.6 is 0 Å². The van der Waals surface area contributed by atoms with Crippen molar-refractivity contribution in [3.8, 4) is 11.1 Å². The lowest BCUT2D eigenvalue weighted by Crippen LogP contribution is -2.45. The summed E-state index contributed by atoms with van der Waals surface area (Å²) in [6.45, 7) is 2.61. The van der Waals surface area contributed by atoms with E-state index in [1.165, 1.54) is 22.3 Å². The predicted molar refractivity (Wildman–Crippen MR) is 133 cm³/mol. The second-order valence-corrected chi connectivity index (χ2v) is 9.62. The van der Waals surface area contributed by atoms with Gasteiger partial charge in [-0.3, -0.25) is 4.79 Å². The van der Waals surface area contributed by atoms with E-state index in [9.17, 15) is 19.5 Å². The van der Waals surface area contributed by atoms with E-state index in [4.69, 9.17) is 4.74 Å². The molecule has 0 aromatic heterocycles. The zero-order valence-electron chi connectivity index (χ0n) is 20.2. The maximum atomic E-state index is 12.6. The zero-order chi connectivity index (χ0) is 24.8. The number of carboxylic acid groups (broad SMARTS) is 1. The molecule has 2 aromatic rings. The molecular weight excluding hydrogens is 444 g/mol. The van der Waals surface area contributed by atoms with Crippen molar-refractivity contribution in [2.75, 3.05) is 13.2 Å². The summed E-state index contributed by atoms with van der Waals surface area (Å²) in [5, 5.41) is 14.9. The number of aliphatic carboxylic acids is 1. The summed E-state index contributed by atoms with van der Waals surface area (Å²) in [5.41, 5.74) is 4.72. The number of hydrogen-bond acceptors (Lipinski definition) is 4. The molecule has 0 heterocycles. The quantitative estimate of drug-likeness (QED) is 0.485. The number of benzene rings is 2. The van der Waals surface area contributed by atoms with E-state index in [0.29, 0.717) is 25.8 Å². The Balaban J connectivity index is 1.26. The molecule has 35 heavy (non-hydrogen) atoms. The van der Waals surface area contributed by atoms with Crippen molar-refractivity contribution < 1.29 is 24.2 Å². The Labute approximate surface area is 206 Å².